The second-order valence-corrected chi connectivity index (χ2v) is 4.54. The number of nitrogens with zero attached hydrogens (tertiary/aromatic N) is 2. The third kappa shape index (κ3) is 2.96. The van der Waals surface area contributed by atoms with Crippen molar-refractivity contribution in [1.82, 2.24) is 10.3 Å². The van der Waals surface area contributed by atoms with Gasteiger partial charge in [-0.15, -0.1) is 0 Å². The van der Waals surface area contributed by atoms with Gasteiger partial charge in [0.15, 0.2) is 5.82 Å². The Bertz CT molecular complexity index is 464. The fourth-order valence-corrected chi connectivity index (χ4v) is 2.15. The van der Waals surface area contributed by atoms with E-state index in [2.05, 4.69) is 10.3 Å². The first-order valence-electron chi connectivity index (χ1n) is 6.48. The molecule has 6 heteroatoms. The van der Waals surface area contributed by atoms with Crippen LogP contribution < -0.4 is 16.0 Å². The quantitative estimate of drug-likeness (QED) is 0.821. The summed E-state index contributed by atoms with van der Waals surface area (Å²) in [7, 11) is 0. The van der Waals surface area contributed by atoms with E-state index in [1.165, 1.54) is 0 Å². The van der Waals surface area contributed by atoms with E-state index in [1.807, 2.05) is 30.9 Å². The first-order chi connectivity index (χ1) is 9.13. The van der Waals surface area contributed by atoms with Gasteiger partial charge in [-0.2, -0.15) is 0 Å². The van der Waals surface area contributed by atoms with Gasteiger partial charge in [-0.3, -0.25) is 4.79 Å². The average molecular weight is 264 g/mol. The molecule has 0 bridgehead atoms. The van der Waals surface area contributed by atoms with E-state index in [4.69, 9.17) is 10.5 Å². The summed E-state index contributed by atoms with van der Waals surface area (Å²) in [5.41, 5.74) is 7.44. The number of aromatic nitrogens is 1. The van der Waals surface area contributed by atoms with E-state index in [1.54, 1.807) is 0 Å². The normalized spacial score (nSPS) is 19.3. The molecule has 1 aromatic rings. The first kappa shape index (κ1) is 13.6. The summed E-state index contributed by atoms with van der Waals surface area (Å²) < 4.78 is 5.40. The molecule has 104 valence electrons. The van der Waals surface area contributed by atoms with Crippen LogP contribution in [0.4, 0.5) is 11.5 Å². The van der Waals surface area contributed by atoms with Crippen LogP contribution in [0.5, 0.6) is 0 Å². The molecule has 0 radical (unpaired) electrons. The Kier molecular flexibility index (Phi) is 4.21. The highest BCUT2D eigenvalue weighted by molar-refractivity contribution is 5.86. The zero-order valence-corrected chi connectivity index (χ0v) is 11.3. The lowest BCUT2D eigenvalue weighted by molar-refractivity contribution is -0.124. The molecule has 1 fully saturated rings. The van der Waals surface area contributed by atoms with Gasteiger partial charge in [-0.25, -0.2) is 4.98 Å². The largest absolute Gasteiger partial charge is 0.396 e. The molecule has 1 aliphatic rings. The molecular weight excluding hydrogens is 244 g/mol. The van der Waals surface area contributed by atoms with Crippen LogP contribution in [-0.4, -0.2) is 43.2 Å². The number of nitrogen functional groups attached to an aromatic ring is 1. The maximum absolute atomic E-state index is 12.1. The van der Waals surface area contributed by atoms with Crippen molar-refractivity contribution in [3.63, 3.8) is 0 Å². The number of nitrogens with two attached hydrogens (primary N) is 1. The molecule has 0 aliphatic carbocycles. The number of carbonyl (C=O) groups excluding carboxylic acids is 1. The smallest absolute Gasteiger partial charge is 0.245 e. The van der Waals surface area contributed by atoms with Gasteiger partial charge < -0.3 is 20.7 Å². The standard InChI is InChI=1S/C13H20N4O2/c1-3-15-13(18)11-8-19-7-6-17(11)12-10(14)5-4-9(2)16-12/h4-5,11H,3,6-8,14H2,1-2H3,(H,15,18). The molecule has 0 aromatic carbocycles. The monoisotopic (exact) mass is 264 g/mol. The number of likely N-dealkylation sites (N-methyl/N-ethyl adjacent to an activating group) is 1. The number of pyridine rings is 1. The zero-order valence-electron chi connectivity index (χ0n) is 11.3. The van der Waals surface area contributed by atoms with Crippen molar-refractivity contribution < 1.29 is 9.53 Å². The molecule has 0 spiro atoms. The van der Waals surface area contributed by atoms with Crippen LogP contribution in [0.25, 0.3) is 0 Å². The summed E-state index contributed by atoms with van der Waals surface area (Å²) in [5.74, 6) is 0.615. The Morgan fingerprint density at radius 3 is 3.16 bits per heavy atom. The molecule has 1 aliphatic heterocycles. The minimum Gasteiger partial charge on any atom is -0.396 e. The van der Waals surface area contributed by atoms with E-state index in [9.17, 15) is 4.79 Å². The van der Waals surface area contributed by atoms with Crippen LogP contribution in [0, 0.1) is 6.92 Å². The van der Waals surface area contributed by atoms with E-state index in [-0.39, 0.29) is 11.9 Å². The molecule has 6 nitrogen and oxygen atoms in total. The van der Waals surface area contributed by atoms with Gasteiger partial charge in [0.1, 0.15) is 6.04 Å². The van der Waals surface area contributed by atoms with Crippen molar-refractivity contribution in [3.8, 4) is 0 Å². The minimum atomic E-state index is -0.370. The second-order valence-electron chi connectivity index (χ2n) is 4.54. The van der Waals surface area contributed by atoms with Gasteiger partial charge in [0.2, 0.25) is 5.91 Å². The van der Waals surface area contributed by atoms with Gasteiger partial charge in [0.25, 0.3) is 0 Å². The predicted molar refractivity (Wildman–Crippen MR) is 74.0 cm³/mol. The fraction of sp³-hybridized carbons (Fsp3) is 0.538. The third-order valence-corrected chi connectivity index (χ3v) is 3.10. The lowest BCUT2D eigenvalue weighted by Crippen LogP contribution is -2.54. The number of anilines is 2. The number of hydrogen-bond acceptors (Lipinski definition) is 5. The van der Waals surface area contributed by atoms with Gasteiger partial charge in [0, 0.05) is 18.8 Å². The summed E-state index contributed by atoms with van der Waals surface area (Å²) in [5, 5.41) is 2.82. The molecule has 1 amide bonds. The van der Waals surface area contributed by atoms with Crippen LogP contribution in [0.2, 0.25) is 0 Å². The molecule has 19 heavy (non-hydrogen) atoms. The Hall–Kier alpha value is -1.82. The van der Waals surface area contributed by atoms with Crippen molar-refractivity contribution >= 4 is 17.4 Å². The van der Waals surface area contributed by atoms with Gasteiger partial charge in [-0.05, 0) is 26.0 Å². The number of rotatable bonds is 3. The number of carbonyl (C=O) groups is 1. The summed E-state index contributed by atoms with van der Waals surface area (Å²) >= 11 is 0. The zero-order chi connectivity index (χ0) is 13.8. The van der Waals surface area contributed by atoms with Crippen LogP contribution in [0.1, 0.15) is 12.6 Å². The second kappa shape index (κ2) is 5.88. The molecule has 1 unspecified atom stereocenters. The lowest BCUT2D eigenvalue weighted by Gasteiger charge is -2.36. The highest BCUT2D eigenvalue weighted by atomic mass is 16.5. The summed E-state index contributed by atoms with van der Waals surface area (Å²) in [4.78, 5) is 18.5. The van der Waals surface area contributed by atoms with Crippen molar-refractivity contribution in [2.24, 2.45) is 0 Å². The van der Waals surface area contributed by atoms with Crippen LogP contribution in [0.3, 0.4) is 0 Å². The van der Waals surface area contributed by atoms with Crippen molar-refractivity contribution in [1.29, 1.82) is 0 Å². The summed E-state index contributed by atoms with van der Waals surface area (Å²) in [6, 6.07) is 3.31. The highest BCUT2D eigenvalue weighted by Crippen LogP contribution is 2.24. The predicted octanol–water partition coefficient (Wildman–Crippen LogP) is 0.314. The average Bonchev–Trinajstić information content (AvgIpc) is 2.42. The maximum atomic E-state index is 12.1. The van der Waals surface area contributed by atoms with Crippen LogP contribution in [-0.2, 0) is 9.53 Å². The number of hydrogen-bond donors (Lipinski definition) is 2. The molecule has 2 heterocycles. The topological polar surface area (TPSA) is 80.5 Å². The molecule has 2 rings (SSSR count). The van der Waals surface area contributed by atoms with Gasteiger partial charge in [-0.1, -0.05) is 0 Å². The van der Waals surface area contributed by atoms with Gasteiger partial charge in [0.05, 0.1) is 18.9 Å². The number of aryl methyl sites for hydroxylation is 1. The Morgan fingerprint density at radius 2 is 2.42 bits per heavy atom. The van der Waals surface area contributed by atoms with Crippen LogP contribution in [0.15, 0.2) is 12.1 Å². The fourth-order valence-electron chi connectivity index (χ4n) is 2.15. The number of ether oxygens (including phenoxy) is 1. The third-order valence-electron chi connectivity index (χ3n) is 3.10. The number of nitrogens with one attached hydrogen (secondary N) is 1. The number of amides is 1. The van der Waals surface area contributed by atoms with E-state index in [0.717, 1.165) is 5.69 Å². The minimum absolute atomic E-state index is 0.0510. The van der Waals surface area contributed by atoms with Crippen molar-refractivity contribution in [2.75, 3.05) is 36.9 Å². The van der Waals surface area contributed by atoms with E-state index in [0.29, 0.717) is 37.8 Å². The van der Waals surface area contributed by atoms with Crippen LogP contribution >= 0.6 is 0 Å². The Balaban J connectivity index is 2.28. The highest BCUT2D eigenvalue weighted by Gasteiger charge is 2.31. The SMILES string of the molecule is CCNC(=O)C1COCCN1c1nc(C)ccc1N. The van der Waals surface area contributed by atoms with E-state index < -0.39 is 0 Å². The molecule has 3 N–H and O–H groups in total. The molecule has 0 saturated carbocycles. The lowest BCUT2D eigenvalue weighted by atomic mass is 10.2. The molecule has 1 atom stereocenters. The van der Waals surface area contributed by atoms with Gasteiger partial charge >= 0.3 is 0 Å². The Morgan fingerprint density at radius 1 is 1.63 bits per heavy atom. The first-order valence-corrected chi connectivity index (χ1v) is 6.48. The summed E-state index contributed by atoms with van der Waals surface area (Å²) in [6.07, 6.45) is 0. The van der Waals surface area contributed by atoms with Crippen molar-refractivity contribution in [3.05, 3.63) is 17.8 Å². The number of morpholine rings is 1. The Labute approximate surface area is 112 Å². The molecule has 1 aromatic heterocycles. The molecular formula is C13H20N4O2. The van der Waals surface area contributed by atoms with E-state index >= 15 is 0 Å². The molecule has 1 saturated heterocycles. The van der Waals surface area contributed by atoms with Crippen molar-refractivity contribution in [2.45, 2.75) is 19.9 Å². The maximum Gasteiger partial charge on any atom is 0.245 e. The summed E-state index contributed by atoms with van der Waals surface area (Å²) in [6.45, 7) is 5.95.